The first-order valence-corrected chi connectivity index (χ1v) is 8.27. The number of aromatic amines is 1. The van der Waals surface area contributed by atoms with Gasteiger partial charge in [0.2, 0.25) is 0 Å². The van der Waals surface area contributed by atoms with Gasteiger partial charge in [0.1, 0.15) is 11.4 Å². The monoisotopic (exact) mass is 344 g/mol. The van der Waals surface area contributed by atoms with Gasteiger partial charge in [-0.05, 0) is 37.2 Å². The number of carbonyl (C=O) groups excluding carboxylic acids is 1. The fraction of sp³-hybridized carbons (Fsp3) is 0.312. The second kappa shape index (κ2) is 6.26. The van der Waals surface area contributed by atoms with E-state index in [1.54, 1.807) is 12.1 Å². The van der Waals surface area contributed by atoms with Gasteiger partial charge in [-0.25, -0.2) is 4.68 Å². The number of nitrogens with zero attached hydrogens (tertiary/aromatic N) is 3. The molecule has 0 fully saturated rings. The summed E-state index contributed by atoms with van der Waals surface area (Å²) >= 11 is 5.98. The Balaban J connectivity index is 1.49. The third-order valence-electron chi connectivity index (χ3n) is 4.18. The lowest BCUT2D eigenvalue weighted by molar-refractivity contribution is 0.0946. The summed E-state index contributed by atoms with van der Waals surface area (Å²) < 4.78 is 1.91. The number of hydrogen-bond donors (Lipinski definition) is 3. The Kier molecular flexibility index (Phi) is 3.95. The number of carbonyl (C=O) groups is 1. The van der Waals surface area contributed by atoms with E-state index >= 15 is 0 Å². The summed E-state index contributed by atoms with van der Waals surface area (Å²) in [5.74, 6) is -0.175. The van der Waals surface area contributed by atoms with Gasteiger partial charge < -0.3 is 15.6 Å². The third-order valence-corrected chi connectivity index (χ3v) is 4.41. The molecule has 1 amide bonds. The van der Waals surface area contributed by atoms with Gasteiger partial charge in [0.05, 0.1) is 12.2 Å². The number of hydrogen-bond acceptors (Lipinski definition) is 4. The summed E-state index contributed by atoms with van der Waals surface area (Å²) in [6.45, 7) is 2.90. The minimum absolute atomic E-state index is 0.175. The lowest BCUT2D eigenvalue weighted by atomic mass is 10.2. The number of amides is 1. The van der Waals surface area contributed by atoms with Crippen LogP contribution in [0.1, 0.15) is 28.3 Å². The molecule has 0 radical (unpaired) electrons. The molecule has 0 aliphatic carbocycles. The molecule has 24 heavy (non-hydrogen) atoms. The third kappa shape index (κ3) is 2.88. The topological polar surface area (TPSA) is 87.6 Å². The summed E-state index contributed by atoms with van der Waals surface area (Å²) in [4.78, 5) is 15.5. The minimum Gasteiger partial charge on any atom is -0.351 e. The number of benzene rings is 1. The van der Waals surface area contributed by atoms with Gasteiger partial charge in [0.15, 0.2) is 0 Å². The molecule has 0 atom stereocenters. The molecular formula is C16H17ClN6O. The van der Waals surface area contributed by atoms with Gasteiger partial charge in [-0.3, -0.25) is 4.79 Å². The van der Waals surface area contributed by atoms with Crippen LogP contribution in [-0.2, 0) is 19.6 Å². The van der Waals surface area contributed by atoms with Gasteiger partial charge >= 0.3 is 0 Å². The van der Waals surface area contributed by atoms with Gasteiger partial charge in [0.25, 0.3) is 5.91 Å². The molecule has 0 saturated heterocycles. The van der Waals surface area contributed by atoms with Crippen molar-refractivity contribution in [3.63, 3.8) is 0 Å². The molecule has 0 bridgehead atoms. The Bertz CT molecular complexity index is 899. The van der Waals surface area contributed by atoms with E-state index in [9.17, 15) is 4.79 Å². The molecule has 3 heterocycles. The average molecular weight is 345 g/mol. The fourth-order valence-electron chi connectivity index (χ4n) is 2.92. The number of rotatable bonds is 3. The van der Waals surface area contributed by atoms with Crippen LogP contribution in [0, 0.1) is 0 Å². The number of aryl methyl sites for hydroxylation is 1. The van der Waals surface area contributed by atoms with E-state index in [-0.39, 0.29) is 5.91 Å². The van der Waals surface area contributed by atoms with Crippen LogP contribution < -0.4 is 10.6 Å². The fourth-order valence-corrected chi connectivity index (χ4v) is 3.11. The predicted molar refractivity (Wildman–Crippen MR) is 90.8 cm³/mol. The number of halogens is 1. The first kappa shape index (κ1) is 15.2. The molecule has 7 nitrogen and oxygen atoms in total. The molecule has 0 unspecified atom stereocenters. The Hall–Kier alpha value is -2.38. The number of nitrogens with one attached hydrogen (secondary N) is 3. The van der Waals surface area contributed by atoms with Crippen LogP contribution in [0.25, 0.3) is 10.9 Å². The van der Waals surface area contributed by atoms with E-state index < -0.39 is 0 Å². The number of fused-ring (bicyclic) bond motifs is 2. The molecule has 2 aromatic heterocycles. The van der Waals surface area contributed by atoms with Crippen molar-refractivity contribution in [2.75, 3.05) is 6.54 Å². The summed E-state index contributed by atoms with van der Waals surface area (Å²) in [5.41, 5.74) is 3.23. The van der Waals surface area contributed by atoms with E-state index in [0.29, 0.717) is 17.3 Å². The summed E-state index contributed by atoms with van der Waals surface area (Å²) in [6, 6.07) is 7.28. The van der Waals surface area contributed by atoms with Crippen molar-refractivity contribution in [1.29, 1.82) is 0 Å². The van der Waals surface area contributed by atoms with Crippen LogP contribution in [-0.4, -0.2) is 32.4 Å². The standard InChI is InChI=1S/C16H17ClN6O/c17-11-2-3-12-10(6-11)7-13(20-12)16(24)19-8-14-15-9-18-4-1-5-23(15)22-21-14/h2-3,6-7,18,20H,1,4-5,8-9H2,(H,19,24). The van der Waals surface area contributed by atoms with Gasteiger partial charge in [-0.1, -0.05) is 16.8 Å². The summed E-state index contributed by atoms with van der Waals surface area (Å²) in [5, 5.41) is 16.2. The SMILES string of the molecule is O=C(NCc1nnn2c1CNCCC2)c1cc2cc(Cl)ccc2[nH]1. The van der Waals surface area contributed by atoms with Crippen LogP contribution in [0.2, 0.25) is 5.02 Å². The second-order valence-corrected chi connectivity index (χ2v) is 6.27. The highest BCUT2D eigenvalue weighted by Gasteiger charge is 2.16. The van der Waals surface area contributed by atoms with Crippen LogP contribution in [0.3, 0.4) is 0 Å². The largest absolute Gasteiger partial charge is 0.351 e. The Morgan fingerprint density at radius 3 is 3.21 bits per heavy atom. The van der Waals surface area contributed by atoms with Crippen molar-refractivity contribution in [3.8, 4) is 0 Å². The first-order valence-electron chi connectivity index (χ1n) is 7.89. The van der Waals surface area contributed by atoms with Gasteiger partial charge in [0, 0.05) is 29.0 Å². The van der Waals surface area contributed by atoms with Crippen molar-refractivity contribution in [2.45, 2.75) is 26.1 Å². The molecule has 4 rings (SSSR count). The minimum atomic E-state index is -0.175. The van der Waals surface area contributed by atoms with E-state index in [0.717, 1.165) is 48.3 Å². The van der Waals surface area contributed by atoms with E-state index in [4.69, 9.17) is 11.6 Å². The van der Waals surface area contributed by atoms with Gasteiger partial charge in [-0.15, -0.1) is 5.10 Å². The zero-order valence-electron chi connectivity index (χ0n) is 13.0. The van der Waals surface area contributed by atoms with Crippen molar-refractivity contribution < 1.29 is 4.79 Å². The highest BCUT2D eigenvalue weighted by molar-refractivity contribution is 6.31. The zero-order chi connectivity index (χ0) is 16.5. The Morgan fingerprint density at radius 2 is 2.29 bits per heavy atom. The maximum Gasteiger partial charge on any atom is 0.268 e. The van der Waals surface area contributed by atoms with E-state index in [1.807, 2.05) is 16.8 Å². The molecule has 3 aromatic rings. The normalized spacial score (nSPS) is 14.4. The maximum atomic E-state index is 12.4. The molecule has 1 aromatic carbocycles. The predicted octanol–water partition coefficient (Wildman–Crippen LogP) is 1.84. The summed E-state index contributed by atoms with van der Waals surface area (Å²) in [6.07, 6.45) is 1.03. The number of aromatic nitrogens is 4. The van der Waals surface area contributed by atoms with Crippen LogP contribution in [0.15, 0.2) is 24.3 Å². The highest BCUT2D eigenvalue weighted by atomic mass is 35.5. The van der Waals surface area contributed by atoms with Crippen LogP contribution in [0.5, 0.6) is 0 Å². The second-order valence-electron chi connectivity index (χ2n) is 5.83. The molecule has 0 spiro atoms. The molecule has 1 aliphatic heterocycles. The molecule has 8 heteroatoms. The van der Waals surface area contributed by atoms with Crippen molar-refractivity contribution in [2.24, 2.45) is 0 Å². The van der Waals surface area contributed by atoms with Crippen molar-refractivity contribution in [1.82, 2.24) is 30.6 Å². The Morgan fingerprint density at radius 1 is 1.38 bits per heavy atom. The highest BCUT2D eigenvalue weighted by Crippen LogP contribution is 2.20. The Labute approximate surface area is 143 Å². The maximum absolute atomic E-state index is 12.4. The van der Waals surface area contributed by atoms with Crippen molar-refractivity contribution in [3.05, 3.63) is 46.4 Å². The first-order chi connectivity index (χ1) is 11.7. The lowest BCUT2D eigenvalue weighted by Gasteiger charge is -2.05. The molecule has 124 valence electrons. The molecule has 1 aliphatic rings. The molecule has 3 N–H and O–H groups in total. The van der Waals surface area contributed by atoms with E-state index in [1.165, 1.54) is 0 Å². The van der Waals surface area contributed by atoms with Crippen molar-refractivity contribution >= 4 is 28.4 Å². The smallest absolute Gasteiger partial charge is 0.268 e. The van der Waals surface area contributed by atoms with E-state index in [2.05, 4.69) is 25.9 Å². The average Bonchev–Trinajstić information content (AvgIpc) is 3.09. The molecular weight excluding hydrogens is 328 g/mol. The number of H-pyrrole nitrogens is 1. The van der Waals surface area contributed by atoms with Crippen LogP contribution >= 0.6 is 11.6 Å². The van der Waals surface area contributed by atoms with Gasteiger partial charge in [-0.2, -0.15) is 0 Å². The summed E-state index contributed by atoms with van der Waals surface area (Å²) in [7, 11) is 0. The van der Waals surface area contributed by atoms with Crippen LogP contribution in [0.4, 0.5) is 0 Å². The zero-order valence-corrected chi connectivity index (χ0v) is 13.7. The quantitative estimate of drug-likeness (QED) is 0.676. The molecule has 0 saturated carbocycles. The lowest BCUT2D eigenvalue weighted by Crippen LogP contribution is -2.24.